The maximum atomic E-state index is 12.7. The van der Waals surface area contributed by atoms with Crippen LogP contribution in [0.5, 0.6) is 0 Å². The molecule has 1 saturated carbocycles. The number of fused-ring (bicyclic) bond motifs is 1. The molecule has 2 N–H and O–H groups in total. The van der Waals surface area contributed by atoms with Crippen molar-refractivity contribution >= 4 is 17.5 Å². The Morgan fingerprint density at radius 3 is 2.65 bits per heavy atom. The van der Waals surface area contributed by atoms with Gasteiger partial charge in [-0.05, 0) is 30.4 Å². The number of hydrogen-bond acceptors (Lipinski definition) is 3. The molecular weight excluding hydrogens is 256 g/mol. The lowest BCUT2D eigenvalue weighted by Crippen LogP contribution is -2.50. The van der Waals surface area contributed by atoms with Crippen molar-refractivity contribution in [2.45, 2.75) is 31.4 Å². The number of amides is 2. The van der Waals surface area contributed by atoms with E-state index in [1.54, 1.807) is 7.11 Å². The largest absolute Gasteiger partial charge is 0.371 e. The molecule has 5 heteroatoms. The number of carbonyl (C=O) groups is 2. The number of ether oxygens (including phenoxy) is 1. The van der Waals surface area contributed by atoms with Crippen LogP contribution in [0, 0.1) is 5.92 Å². The number of nitrogens with two attached hydrogens (primary N) is 1. The first kappa shape index (κ1) is 13.1. The van der Waals surface area contributed by atoms with Crippen LogP contribution in [0.3, 0.4) is 0 Å². The lowest BCUT2D eigenvalue weighted by molar-refractivity contribution is -0.132. The van der Waals surface area contributed by atoms with Gasteiger partial charge in [0.25, 0.3) is 5.91 Å². The number of para-hydroxylation sites is 1. The molecule has 1 aromatic carbocycles. The second-order valence-corrected chi connectivity index (χ2v) is 5.45. The molecule has 5 nitrogen and oxygen atoms in total. The third-order valence-electron chi connectivity index (χ3n) is 4.09. The molecule has 0 spiro atoms. The predicted octanol–water partition coefficient (Wildman–Crippen LogP) is 0.855. The van der Waals surface area contributed by atoms with Gasteiger partial charge in [0.15, 0.2) is 0 Å². The van der Waals surface area contributed by atoms with E-state index in [0.717, 1.165) is 24.1 Å². The summed E-state index contributed by atoms with van der Waals surface area (Å²) >= 11 is 0. The minimum atomic E-state index is -0.601. The third kappa shape index (κ3) is 2.08. The van der Waals surface area contributed by atoms with Crippen LogP contribution < -0.4 is 10.6 Å². The fraction of sp³-hybridized carbons (Fsp3) is 0.467. The van der Waals surface area contributed by atoms with E-state index < -0.39 is 18.1 Å². The topological polar surface area (TPSA) is 72.6 Å². The van der Waals surface area contributed by atoms with E-state index in [-0.39, 0.29) is 11.8 Å². The fourth-order valence-corrected chi connectivity index (χ4v) is 2.92. The van der Waals surface area contributed by atoms with Gasteiger partial charge in [-0.1, -0.05) is 18.2 Å². The van der Waals surface area contributed by atoms with Crippen LogP contribution in [-0.4, -0.2) is 31.1 Å². The lowest BCUT2D eigenvalue weighted by Gasteiger charge is -2.27. The predicted molar refractivity (Wildman–Crippen MR) is 74.1 cm³/mol. The minimum absolute atomic E-state index is 0.149. The molecule has 2 aliphatic rings. The van der Waals surface area contributed by atoms with Crippen LogP contribution in [0.1, 0.15) is 18.4 Å². The van der Waals surface area contributed by atoms with E-state index in [9.17, 15) is 9.59 Å². The maximum Gasteiger partial charge on any atom is 0.257 e. The summed E-state index contributed by atoms with van der Waals surface area (Å²) in [5.74, 6) is -0.349. The number of carbonyl (C=O) groups excluding carboxylic acids is 2. The highest BCUT2D eigenvalue weighted by Crippen LogP contribution is 2.38. The van der Waals surface area contributed by atoms with Crippen LogP contribution in [0.2, 0.25) is 0 Å². The Hall–Kier alpha value is -1.88. The summed E-state index contributed by atoms with van der Waals surface area (Å²) in [5.41, 5.74) is 7.23. The molecule has 2 atom stereocenters. The summed E-state index contributed by atoms with van der Waals surface area (Å²) in [6, 6.07) is 6.95. The molecule has 20 heavy (non-hydrogen) atoms. The van der Waals surface area contributed by atoms with E-state index in [1.165, 1.54) is 4.90 Å². The highest BCUT2D eigenvalue weighted by Gasteiger charge is 2.44. The van der Waals surface area contributed by atoms with E-state index in [0.29, 0.717) is 6.42 Å². The van der Waals surface area contributed by atoms with Gasteiger partial charge >= 0.3 is 0 Å². The van der Waals surface area contributed by atoms with Gasteiger partial charge in [0, 0.05) is 19.2 Å². The van der Waals surface area contributed by atoms with Crippen molar-refractivity contribution in [3.8, 4) is 0 Å². The van der Waals surface area contributed by atoms with Crippen LogP contribution >= 0.6 is 0 Å². The Labute approximate surface area is 117 Å². The number of primary amides is 1. The molecule has 0 aromatic heterocycles. The van der Waals surface area contributed by atoms with Crippen molar-refractivity contribution in [2.75, 3.05) is 12.0 Å². The third-order valence-corrected chi connectivity index (χ3v) is 4.09. The van der Waals surface area contributed by atoms with E-state index >= 15 is 0 Å². The lowest BCUT2D eigenvalue weighted by atomic mass is 10.1. The van der Waals surface area contributed by atoms with Crippen molar-refractivity contribution in [2.24, 2.45) is 11.7 Å². The number of nitrogens with zero attached hydrogens (tertiary/aromatic N) is 1. The molecule has 106 valence electrons. The highest BCUT2D eigenvalue weighted by molar-refractivity contribution is 6.05. The van der Waals surface area contributed by atoms with Crippen LogP contribution in [0.4, 0.5) is 5.69 Å². The molecule has 2 amide bonds. The number of benzene rings is 1. The summed E-state index contributed by atoms with van der Waals surface area (Å²) in [6.45, 7) is 0. The van der Waals surface area contributed by atoms with Crippen molar-refractivity contribution in [3.05, 3.63) is 29.8 Å². The van der Waals surface area contributed by atoms with Crippen LogP contribution in [0.25, 0.3) is 0 Å². The van der Waals surface area contributed by atoms with Gasteiger partial charge in [0.1, 0.15) is 12.1 Å². The van der Waals surface area contributed by atoms with Crippen molar-refractivity contribution in [1.29, 1.82) is 0 Å². The zero-order valence-electron chi connectivity index (χ0n) is 11.4. The molecule has 0 radical (unpaired) electrons. The van der Waals surface area contributed by atoms with Gasteiger partial charge in [0.2, 0.25) is 5.91 Å². The molecule has 0 saturated heterocycles. The van der Waals surface area contributed by atoms with Crippen molar-refractivity contribution in [1.82, 2.24) is 0 Å². The van der Waals surface area contributed by atoms with Gasteiger partial charge < -0.3 is 10.5 Å². The molecule has 1 aromatic rings. The minimum Gasteiger partial charge on any atom is -0.371 e. The second kappa shape index (κ2) is 4.90. The molecule has 1 heterocycles. The van der Waals surface area contributed by atoms with Gasteiger partial charge in [-0.2, -0.15) is 0 Å². The Balaban J connectivity index is 1.95. The summed E-state index contributed by atoms with van der Waals surface area (Å²) in [5, 5.41) is 0. The van der Waals surface area contributed by atoms with Crippen molar-refractivity contribution < 1.29 is 14.3 Å². The smallest absolute Gasteiger partial charge is 0.257 e. The van der Waals surface area contributed by atoms with Gasteiger partial charge in [0.05, 0.1) is 0 Å². The Kier molecular flexibility index (Phi) is 3.22. The number of methoxy groups -OCH3 is 1. The molecule has 1 aliphatic heterocycles. The zero-order chi connectivity index (χ0) is 14.3. The molecule has 1 aliphatic carbocycles. The second-order valence-electron chi connectivity index (χ2n) is 5.45. The summed E-state index contributed by atoms with van der Waals surface area (Å²) in [4.78, 5) is 25.9. The normalized spacial score (nSPS) is 22.4. The summed E-state index contributed by atoms with van der Waals surface area (Å²) in [6.07, 6.45) is 2.02. The number of rotatable bonds is 4. The average Bonchev–Trinajstić information content (AvgIpc) is 3.18. The first-order valence-corrected chi connectivity index (χ1v) is 6.86. The summed E-state index contributed by atoms with van der Waals surface area (Å²) < 4.78 is 5.35. The fourth-order valence-electron chi connectivity index (χ4n) is 2.92. The maximum absolute atomic E-state index is 12.7. The zero-order valence-corrected chi connectivity index (χ0v) is 11.4. The molecule has 3 rings (SSSR count). The number of anilines is 1. The first-order valence-electron chi connectivity index (χ1n) is 6.86. The monoisotopic (exact) mass is 274 g/mol. The van der Waals surface area contributed by atoms with E-state index in [2.05, 4.69) is 0 Å². The van der Waals surface area contributed by atoms with Gasteiger partial charge in [-0.15, -0.1) is 0 Å². The Bertz CT molecular complexity index is 554. The molecular formula is C15H18N2O3. The Morgan fingerprint density at radius 2 is 2.05 bits per heavy atom. The SMILES string of the molecule is COC(C(=O)N1c2ccccc2C[C@H]1C(N)=O)C1CC1. The standard InChI is InChI=1S/C15H18N2O3/c1-20-13(9-6-7-9)15(19)17-11-5-3-2-4-10(11)8-12(17)14(16)18/h2-5,9,12-13H,6-8H2,1H3,(H2,16,18)/t12-,13?/m0/s1. The highest BCUT2D eigenvalue weighted by atomic mass is 16.5. The number of hydrogen-bond donors (Lipinski definition) is 1. The Morgan fingerprint density at radius 1 is 1.35 bits per heavy atom. The van der Waals surface area contributed by atoms with E-state index in [4.69, 9.17) is 10.5 Å². The van der Waals surface area contributed by atoms with Crippen LogP contribution in [0.15, 0.2) is 24.3 Å². The van der Waals surface area contributed by atoms with Gasteiger partial charge in [-0.3, -0.25) is 14.5 Å². The van der Waals surface area contributed by atoms with E-state index in [1.807, 2.05) is 24.3 Å². The first-order chi connectivity index (χ1) is 9.63. The molecule has 0 bridgehead atoms. The quantitative estimate of drug-likeness (QED) is 0.885. The van der Waals surface area contributed by atoms with Crippen molar-refractivity contribution in [3.63, 3.8) is 0 Å². The molecule has 1 fully saturated rings. The molecule has 1 unspecified atom stereocenters. The van der Waals surface area contributed by atoms with Gasteiger partial charge in [-0.25, -0.2) is 0 Å². The summed E-state index contributed by atoms with van der Waals surface area (Å²) in [7, 11) is 1.54. The van der Waals surface area contributed by atoms with Crippen LogP contribution in [-0.2, 0) is 20.7 Å². The average molecular weight is 274 g/mol.